The molecule has 0 bridgehead atoms. The highest BCUT2D eigenvalue weighted by molar-refractivity contribution is 6.01. The van der Waals surface area contributed by atoms with Crippen molar-refractivity contribution in [3.05, 3.63) is 29.3 Å². The van der Waals surface area contributed by atoms with Gasteiger partial charge in [-0.05, 0) is 37.3 Å². The minimum atomic E-state index is -0.782. The first-order chi connectivity index (χ1) is 9.99. The van der Waals surface area contributed by atoms with Crippen molar-refractivity contribution >= 4 is 17.5 Å². The summed E-state index contributed by atoms with van der Waals surface area (Å²) >= 11 is 0. The van der Waals surface area contributed by atoms with E-state index in [4.69, 9.17) is 0 Å². The molecule has 1 unspecified atom stereocenters. The lowest BCUT2D eigenvalue weighted by Crippen LogP contribution is -2.46. The first kappa shape index (κ1) is 14.0. The zero-order chi connectivity index (χ0) is 15.1. The Morgan fingerprint density at radius 1 is 1.24 bits per heavy atom. The number of halogens is 2. The molecule has 1 aliphatic heterocycles. The zero-order valence-corrected chi connectivity index (χ0v) is 11.7. The third-order valence-corrected chi connectivity index (χ3v) is 4.03. The lowest BCUT2D eigenvalue weighted by molar-refractivity contribution is -0.126. The Hall–Kier alpha value is -1.98. The number of rotatable bonds is 2. The summed E-state index contributed by atoms with van der Waals surface area (Å²) in [6.07, 6.45) is 1.74. The number of nitrogens with zero attached hydrogens (tertiary/aromatic N) is 1. The zero-order valence-electron chi connectivity index (χ0n) is 11.7. The van der Waals surface area contributed by atoms with E-state index >= 15 is 0 Å². The Kier molecular flexibility index (Phi) is 3.39. The van der Waals surface area contributed by atoms with E-state index in [0.717, 1.165) is 23.8 Å². The van der Waals surface area contributed by atoms with E-state index in [-0.39, 0.29) is 36.0 Å². The van der Waals surface area contributed by atoms with Crippen molar-refractivity contribution in [2.24, 2.45) is 5.92 Å². The van der Waals surface area contributed by atoms with Crippen molar-refractivity contribution in [2.45, 2.75) is 32.2 Å². The summed E-state index contributed by atoms with van der Waals surface area (Å²) in [7, 11) is 0. The number of anilines is 1. The minimum Gasteiger partial charge on any atom is -0.344 e. The molecular formula is C15H16F2N2O2. The molecule has 1 saturated carbocycles. The van der Waals surface area contributed by atoms with E-state index in [9.17, 15) is 18.4 Å². The van der Waals surface area contributed by atoms with E-state index in [0.29, 0.717) is 0 Å². The van der Waals surface area contributed by atoms with Crippen molar-refractivity contribution in [1.29, 1.82) is 0 Å². The molecule has 2 aliphatic rings. The SMILES string of the molecule is Cc1ccc(F)c(N2CCC(=O)NC(C3CC3)C2=O)c1F. The second-order valence-electron chi connectivity index (χ2n) is 5.65. The predicted molar refractivity (Wildman–Crippen MR) is 72.7 cm³/mol. The average molecular weight is 294 g/mol. The van der Waals surface area contributed by atoms with Gasteiger partial charge < -0.3 is 10.2 Å². The van der Waals surface area contributed by atoms with Crippen LogP contribution in [0, 0.1) is 24.5 Å². The van der Waals surface area contributed by atoms with E-state index < -0.39 is 23.6 Å². The maximum atomic E-state index is 14.3. The second kappa shape index (κ2) is 5.09. The van der Waals surface area contributed by atoms with Gasteiger partial charge in [0, 0.05) is 13.0 Å². The van der Waals surface area contributed by atoms with Crippen LogP contribution in [0.4, 0.5) is 14.5 Å². The van der Waals surface area contributed by atoms with Gasteiger partial charge in [0.05, 0.1) is 0 Å². The van der Waals surface area contributed by atoms with Crippen LogP contribution in [0.2, 0.25) is 0 Å². The number of carbonyl (C=O) groups is 2. The molecule has 21 heavy (non-hydrogen) atoms. The van der Waals surface area contributed by atoms with Gasteiger partial charge in [-0.25, -0.2) is 8.78 Å². The number of amides is 2. The van der Waals surface area contributed by atoms with Crippen LogP contribution in [0.15, 0.2) is 12.1 Å². The molecule has 1 aromatic rings. The third-order valence-electron chi connectivity index (χ3n) is 4.03. The van der Waals surface area contributed by atoms with Crippen LogP contribution in [-0.2, 0) is 9.59 Å². The summed E-state index contributed by atoms with van der Waals surface area (Å²) in [4.78, 5) is 25.4. The maximum absolute atomic E-state index is 14.3. The van der Waals surface area contributed by atoms with Crippen molar-refractivity contribution in [1.82, 2.24) is 5.32 Å². The van der Waals surface area contributed by atoms with E-state index in [1.54, 1.807) is 0 Å². The molecular weight excluding hydrogens is 278 g/mol. The largest absolute Gasteiger partial charge is 0.344 e. The first-order valence-corrected chi connectivity index (χ1v) is 7.04. The molecule has 1 aromatic carbocycles. The van der Waals surface area contributed by atoms with Crippen molar-refractivity contribution in [3.8, 4) is 0 Å². The summed E-state index contributed by atoms with van der Waals surface area (Å²) in [6, 6.07) is 1.81. The summed E-state index contributed by atoms with van der Waals surface area (Å²) in [5.74, 6) is -2.12. The molecule has 1 aliphatic carbocycles. The fraction of sp³-hybridized carbons (Fsp3) is 0.467. The molecule has 3 rings (SSSR count). The Bertz CT molecular complexity index is 614. The highest BCUT2D eigenvalue weighted by atomic mass is 19.1. The Balaban J connectivity index is 2.02. The summed E-state index contributed by atoms with van der Waals surface area (Å²) < 4.78 is 28.3. The molecule has 4 nitrogen and oxygen atoms in total. The molecule has 1 heterocycles. The van der Waals surface area contributed by atoms with Gasteiger partial charge in [0.1, 0.15) is 17.5 Å². The van der Waals surface area contributed by atoms with Gasteiger partial charge in [0.25, 0.3) is 0 Å². The quantitative estimate of drug-likeness (QED) is 0.905. The van der Waals surface area contributed by atoms with Gasteiger partial charge >= 0.3 is 0 Å². The van der Waals surface area contributed by atoms with Gasteiger partial charge in [-0.1, -0.05) is 6.07 Å². The lowest BCUT2D eigenvalue weighted by Gasteiger charge is -2.25. The molecule has 0 spiro atoms. The average Bonchev–Trinajstić information content (AvgIpc) is 3.27. The maximum Gasteiger partial charge on any atom is 0.250 e. The summed E-state index contributed by atoms with van der Waals surface area (Å²) in [5.41, 5.74) is -0.0761. The summed E-state index contributed by atoms with van der Waals surface area (Å²) in [5, 5.41) is 2.67. The predicted octanol–water partition coefficient (Wildman–Crippen LogP) is 1.90. The number of nitrogens with one attached hydrogen (secondary N) is 1. The van der Waals surface area contributed by atoms with Crippen LogP contribution in [-0.4, -0.2) is 24.4 Å². The minimum absolute atomic E-state index is 0.00875. The van der Waals surface area contributed by atoms with Gasteiger partial charge in [0.2, 0.25) is 11.8 Å². The van der Waals surface area contributed by atoms with Crippen LogP contribution >= 0.6 is 0 Å². The standard InChI is InChI=1S/C15H16F2N2O2/c1-8-2-5-10(16)14(12(8)17)19-7-6-11(20)18-13(15(19)21)9-3-4-9/h2,5,9,13H,3-4,6-7H2,1H3,(H,18,20). The molecule has 2 fully saturated rings. The van der Waals surface area contributed by atoms with Gasteiger partial charge in [0.15, 0.2) is 5.82 Å². The second-order valence-corrected chi connectivity index (χ2v) is 5.65. The smallest absolute Gasteiger partial charge is 0.250 e. The highest BCUT2D eigenvalue weighted by Crippen LogP contribution is 2.36. The molecule has 112 valence electrons. The number of carbonyl (C=O) groups excluding carboxylic acids is 2. The molecule has 2 amide bonds. The molecule has 1 saturated heterocycles. The van der Waals surface area contributed by atoms with Crippen LogP contribution in [0.5, 0.6) is 0 Å². The molecule has 0 radical (unpaired) electrons. The van der Waals surface area contributed by atoms with E-state index in [1.807, 2.05) is 0 Å². The van der Waals surface area contributed by atoms with Crippen LogP contribution in [0.1, 0.15) is 24.8 Å². The third kappa shape index (κ3) is 2.50. The van der Waals surface area contributed by atoms with E-state index in [2.05, 4.69) is 5.32 Å². The van der Waals surface area contributed by atoms with Gasteiger partial charge in [-0.3, -0.25) is 9.59 Å². The lowest BCUT2D eigenvalue weighted by atomic mass is 10.1. The van der Waals surface area contributed by atoms with E-state index in [1.165, 1.54) is 13.0 Å². The van der Waals surface area contributed by atoms with Gasteiger partial charge in [-0.15, -0.1) is 0 Å². The Morgan fingerprint density at radius 3 is 2.62 bits per heavy atom. The van der Waals surface area contributed by atoms with Crippen LogP contribution < -0.4 is 10.2 Å². The van der Waals surface area contributed by atoms with Gasteiger partial charge in [-0.2, -0.15) is 0 Å². The number of hydrogen-bond donors (Lipinski definition) is 1. The van der Waals surface area contributed by atoms with Crippen molar-refractivity contribution < 1.29 is 18.4 Å². The Morgan fingerprint density at radius 2 is 1.95 bits per heavy atom. The van der Waals surface area contributed by atoms with Crippen molar-refractivity contribution in [3.63, 3.8) is 0 Å². The van der Waals surface area contributed by atoms with Crippen LogP contribution in [0.25, 0.3) is 0 Å². The number of hydrogen-bond acceptors (Lipinski definition) is 2. The topological polar surface area (TPSA) is 49.4 Å². The normalized spacial score (nSPS) is 23.0. The number of benzene rings is 1. The van der Waals surface area contributed by atoms with Crippen molar-refractivity contribution in [2.75, 3.05) is 11.4 Å². The fourth-order valence-electron chi connectivity index (χ4n) is 2.66. The molecule has 6 heteroatoms. The van der Waals surface area contributed by atoms with Crippen LogP contribution in [0.3, 0.4) is 0 Å². The highest BCUT2D eigenvalue weighted by Gasteiger charge is 2.42. The fourth-order valence-corrected chi connectivity index (χ4v) is 2.66. The summed E-state index contributed by atoms with van der Waals surface area (Å²) in [6.45, 7) is 1.51. The Labute approximate surface area is 121 Å². The first-order valence-electron chi connectivity index (χ1n) is 7.04. The monoisotopic (exact) mass is 294 g/mol. The molecule has 1 N–H and O–H groups in total. The molecule has 1 atom stereocenters. The molecule has 0 aromatic heterocycles. The number of aryl methyl sites for hydroxylation is 1.